The SMILES string of the molecule is CCn1cc(CC(NN)c2ccc3ccccc3n2)cn1. The standard InChI is InChI=1S/C16H19N5/c1-2-21-11-12(10-18-21)9-16(20-17)15-8-7-13-5-3-4-6-14(13)19-15/h3-8,10-11,16,20H,2,9,17H2,1H3. The van der Waals surface area contributed by atoms with E-state index in [1.165, 1.54) is 0 Å². The normalized spacial score (nSPS) is 12.7. The van der Waals surface area contributed by atoms with E-state index in [0.29, 0.717) is 0 Å². The second-order valence-electron chi connectivity index (χ2n) is 5.06. The average molecular weight is 281 g/mol. The number of aryl methyl sites for hydroxylation is 1. The summed E-state index contributed by atoms with van der Waals surface area (Å²) >= 11 is 0. The second-order valence-corrected chi connectivity index (χ2v) is 5.06. The third kappa shape index (κ3) is 2.94. The maximum absolute atomic E-state index is 5.72. The van der Waals surface area contributed by atoms with E-state index in [1.807, 2.05) is 41.3 Å². The van der Waals surface area contributed by atoms with E-state index in [1.54, 1.807) is 0 Å². The zero-order valence-corrected chi connectivity index (χ0v) is 12.0. The lowest BCUT2D eigenvalue weighted by atomic mass is 10.1. The van der Waals surface area contributed by atoms with E-state index >= 15 is 0 Å². The van der Waals surface area contributed by atoms with Crippen LogP contribution in [-0.4, -0.2) is 14.8 Å². The summed E-state index contributed by atoms with van der Waals surface area (Å²) in [4.78, 5) is 4.70. The average Bonchev–Trinajstić information content (AvgIpc) is 3.00. The first-order valence-corrected chi connectivity index (χ1v) is 7.13. The highest BCUT2D eigenvalue weighted by Crippen LogP contribution is 2.19. The zero-order valence-electron chi connectivity index (χ0n) is 12.0. The Balaban J connectivity index is 1.86. The molecule has 1 aromatic carbocycles. The Morgan fingerprint density at radius 3 is 2.86 bits per heavy atom. The third-order valence-corrected chi connectivity index (χ3v) is 3.63. The summed E-state index contributed by atoms with van der Waals surface area (Å²) in [5.74, 6) is 5.72. The smallest absolute Gasteiger partial charge is 0.0706 e. The Kier molecular flexibility index (Phi) is 3.94. The first kappa shape index (κ1) is 13.7. The number of aromatic nitrogens is 3. The van der Waals surface area contributed by atoms with Crippen molar-refractivity contribution in [1.82, 2.24) is 20.2 Å². The topological polar surface area (TPSA) is 68.8 Å². The van der Waals surface area contributed by atoms with E-state index in [0.717, 1.165) is 35.1 Å². The summed E-state index contributed by atoms with van der Waals surface area (Å²) in [6, 6.07) is 12.2. The molecule has 108 valence electrons. The molecule has 0 fully saturated rings. The van der Waals surface area contributed by atoms with Crippen LogP contribution in [-0.2, 0) is 13.0 Å². The molecule has 1 unspecified atom stereocenters. The van der Waals surface area contributed by atoms with Gasteiger partial charge in [0.2, 0.25) is 0 Å². The second kappa shape index (κ2) is 6.03. The van der Waals surface area contributed by atoms with Gasteiger partial charge in [0.05, 0.1) is 23.4 Å². The minimum absolute atomic E-state index is 0.0240. The Morgan fingerprint density at radius 2 is 2.10 bits per heavy atom. The molecule has 1 atom stereocenters. The number of hydrazine groups is 1. The lowest BCUT2D eigenvalue weighted by Crippen LogP contribution is -2.30. The van der Waals surface area contributed by atoms with Gasteiger partial charge in [0.15, 0.2) is 0 Å². The van der Waals surface area contributed by atoms with E-state index in [9.17, 15) is 0 Å². The van der Waals surface area contributed by atoms with E-state index in [2.05, 4.69) is 29.6 Å². The van der Waals surface area contributed by atoms with Crippen LogP contribution in [0.2, 0.25) is 0 Å². The molecule has 0 amide bonds. The lowest BCUT2D eigenvalue weighted by Gasteiger charge is -2.15. The predicted molar refractivity (Wildman–Crippen MR) is 83.4 cm³/mol. The summed E-state index contributed by atoms with van der Waals surface area (Å²) in [5, 5.41) is 5.43. The van der Waals surface area contributed by atoms with Crippen LogP contribution >= 0.6 is 0 Å². The highest BCUT2D eigenvalue weighted by Gasteiger charge is 2.13. The van der Waals surface area contributed by atoms with Gasteiger partial charge in [0.1, 0.15) is 0 Å². The van der Waals surface area contributed by atoms with Gasteiger partial charge in [-0.25, -0.2) is 0 Å². The number of nitrogens with one attached hydrogen (secondary N) is 1. The van der Waals surface area contributed by atoms with Crippen molar-refractivity contribution in [2.24, 2.45) is 5.84 Å². The summed E-state index contributed by atoms with van der Waals surface area (Å²) in [7, 11) is 0. The molecule has 0 aliphatic heterocycles. The van der Waals surface area contributed by atoms with Crippen molar-refractivity contribution in [2.75, 3.05) is 0 Å². The molecular weight excluding hydrogens is 262 g/mol. The molecule has 2 aromatic heterocycles. The number of fused-ring (bicyclic) bond motifs is 1. The van der Waals surface area contributed by atoms with Crippen LogP contribution in [0, 0.1) is 0 Å². The number of nitrogens with two attached hydrogens (primary N) is 1. The third-order valence-electron chi connectivity index (χ3n) is 3.63. The molecule has 5 heteroatoms. The van der Waals surface area contributed by atoms with Crippen molar-refractivity contribution in [3.8, 4) is 0 Å². The van der Waals surface area contributed by atoms with Crippen molar-refractivity contribution < 1.29 is 0 Å². The molecule has 3 rings (SSSR count). The van der Waals surface area contributed by atoms with Gasteiger partial charge >= 0.3 is 0 Å². The highest BCUT2D eigenvalue weighted by molar-refractivity contribution is 5.78. The summed E-state index contributed by atoms with van der Waals surface area (Å²) < 4.78 is 1.91. The molecule has 5 nitrogen and oxygen atoms in total. The largest absolute Gasteiger partial charge is 0.273 e. The minimum atomic E-state index is -0.0240. The summed E-state index contributed by atoms with van der Waals surface area (Å²) in [6.07, 6.45) is 4.70. The van der Waals surface area contributed by atoms with Crippen LogP contribution in [0.1, 0.15) is 24.2 Å². The highest BCUT2D eigenvalue weighted by atomic mass is 15.3. The number of benzene rings is 1. The van der Waals surface area contributed by atoms with Crippen molar-refractivity contribution in [3.63, 3.8) is 0 Å². The number of para-hydroxylation sites is 1. The van der Waals surface area contributed by atoms with Gasteiger partial charge in [-0.1, -0.05) is 24.3 Å². The Labute approximate surface area is 123 Å². The maximum Gasteiger partial charge on any atom is 0.0706 e. The molecule has 3 aromatic rings. The van der Waals surface area contributed by atoms with Gasteiger partial charge in [-0.15, -0.1) is 0 Å². The molecule has 2 heterocycles. The van der Waals surface area contributed by atoms with Crippen LogP contribution < -0.4 is 11.3 Å². The number of pyridine rings is 1. The van der Waals surface area contributed by atoms with Crippen LogP contribution in [0.25, 0.3) is 10.9 Å². The van der Waals surface area contributed by atoms with Crippen LogP contribution in [0.15, 0.2) is 48.8 Å². The van der Waals surface area contributed by atoms with Gasteiger partial charge in [-0.05, 0) is 31.0 Å². The quantitative estimate of drug-likeness (QED) is 0.555. The molecule has 3 N–H and O–H groups in total. The van der Waals surface area contributed by atoms with Crippen molar-refractivity contribution >= 4 is 10.9 Å². The summed E-state index contributed by atoms with van der Waals surface area (Å²) in [6.45, 7) is 2.94. The van der Waals surface area contributed by atoms with Crippen molar-refractivity contribution in [1.29, 1.82) is 0 Å². The maximum atomic E-state index is 5.72. The van der Waals surface area contributed by atoms with Crippen LogP contribution in [0.3, 0.4) is 0 Å². The van der Waals surface area contributed by atoms with E-state index in [-0.39, 0.29) is 6.04 Å². The fourth-order valence-corrected chi connectivity index (χ4v) is 2.45. The summed E-state index contributed by atoms with van der Waals surface area (Å²) in [5.41, 5.74) is 5.94. The minimum Gasteiger partial charge on any atom is -0.273 e. The molecule has 0 aliphatic carbocycles. The molecular formula is C16H19N5. The van der Waals surface area contributed by atoms with Crippen LogP contribution in [0.4, 0.5) is 0 Å². The molecule has 0 aliphatic rings. The molecule has 0 bridgehead atoms. The van der Waals surface area contributed by atoms with Gasteiger partial charge in [-0.2, -0.15) is 5.10 Å². The van der Waals surface area contributed by atoms with Crippen LogP contribution in [0.5, 0.6) is 0 Å². The fourth-order valence-electron chi connectivity index (χ4n) is 2.45. The van der Waals surface area contributed by atoms with Gasteiger partial charge in [0, 0.05) is 18.1 Å². The molecule has 0 saturated heterocycles. The number of nitrogens with zero attached hydrogens (tertiary/aromatic N) is 3. The molecule has 21 heavy (non-hydrogen) atoms. The Morgan fingerprint density at radius 1 is 1.24 bits per heavy atom. The monoisotopic (exact) mass is 281 g/mol. The number of hydrogen-bond acceptors (Lipinski definition) is 4. The predicted octanol–water partition coefficient (Wildman–Crippen LogP) is 2.20. The van der Waals surface area contributed by atoms with E-state index in [4.69, 9.17) is 10.8 Å². The van der Waals surface area contributed by atoms with Gasteiger partial charge in [-0.3, -0.25) is 20.9 Å². The molecule has 0 radical (unpaired) electrons. The van der Waals surface area contributed by atoms with Crippen molar-refractivity contribution in [2.45, 2.75) is 25.9 Å². The zero-order chi connectivity index (χ0) is 14.7. The number of rotatable bonds is 5. The first-order chi connectivity index (χ1) is 10.3. The molecule has 0 saturated carbocycles. The van der Waals surface area contributed by atoms with E-state index < -0.39 is 0 Å². The molecule has 0 spiro atoms. The van der Waals surface area contributed by atoms with Crippen molar-refractivity contribution in [3.05, 3.63) is 60.0 Å². The van der Waals surface area contributed by atoms with Gasteiger partial charge in [0.25, 0.3) is 0 Å². The number of hydrogen-bond donors (Lipinski definition) is 2. The first-order valence-electron chi connectivity index (χ1n) is 7.13. The Hall–Kier alpha value is -2.24. The fraction of sp³-hybridized carbons (Fsp3) is 0.250. The lowest BCUT2D eigenvalue weighted by molar-refractivity contribution is 0.539. The Bertz CT molecular complexity index is 734. The van der Waals surface area contributed by atoms with Gasteiger partial charge < -0.3 is 0 Å².